The maximum absolute atomic E-state index is 5.39. The highest BCUT2D eigenvalue weighted by molar-refractivity contribution is 4.57. The number of nitrogens with zero attached hydrogens (tertiary/aromatic N) is 1. The Kier molecular flexibility index (Phi) is 10.3. The Labute approximate surface area is 93.9 Å². The van der Waals surface area contributed by atoms with Crippen LogP contribution in [0, 0.1) is 0 Å². The summed E-state index contributed by atoms with van der Waals surface area (Å²) in [6.45, 7) is 9.54. The van der Waals surface area contributed by atoms with E-state index in [0.29, 0.717) is 19.3 Å². The van der Waals surface area contributed by atoms with Gasteiger partial charge in [0.05, 0.1) is 19.8 Å². The second-order valence-electron chi connectivity index (χ2n) is 4.02. The molecule has 1 N–H and O–H groups in total. The van der Waals surface area contributed by atoms with E-state index in [2.05, 4.69) is 31.1 Å². The van der Waals surface area contributed by atoms with Crippen LogP contribution in [-0.4, -0.2) is 64.6 Å². The van der Waals surface area contributed by atoms with E-state index in [-0.39, 0.29) is 0 Å². The number of methoxy groups -OCH3 is 1. The van der Waals surface area contributed by atoms with Crippen molar-refractivity contribution in [1.82, 2.24) is 10.2 Å². The van der Waals surface area contributed by atoms with Crippen LogP contribution in [0.4, 0.5) is 0 Å². The quantitative estimate of drug-likeness (QED) is 0.544. The van der Waals surface area contributed by atoms with Crippen molar-refractivity contribution in [2.45, 2.75) is 19.9 Å². The molecule has 0 atom stereocenters. The molecule has 0 aliphatic rings. The fourth-order valence-corrected chi connectivity index (χ4v) is 1.12. The van der Waals surface area contributed by atoms with Gasteiger partial charge in [-0.3, -0.25) is 0 Å². The van der Waals surface area contributed by atoms with Crippen LogP contribution in [0.1, 0.15) is 13.8 Å². The number of ether oxygens (including phenoxy) is 2. The molecule has 0 bridgehead atoms. The van der Waals surface area contributed by atoms with Crippen molar-refractivity contribution in [3.63, 3.8) is 0 Å². The van der Waals surface area contributed by atoms with Gasteiger partial charge in [0.2, 0.25) is 0 Å². The van der Waals surface area contributed by atoms with Gasteiger partial charge in [0.25, 0.3) is 0 Å². The zero-order chi connectivity index (χ0) is 11.5. The first-order chi connectivity index (χ1) is 7.16. The lowest BCUT2D eigenvalue weighted by Crippen LogP contribution is -2.34. The van der Waals surface area contributed by atoms with Crippen molar-refractivity contribution < 1.29 is 9.47 Å². The molecule has 15 heavy (non-hydrogen) atoms. The third-order valence-corrected chi connectivity index (χ3v) is 2.10. The molecule has 0 aromatic carbocycles. The molecule has 0 aromatic heterocycles. The highest BCUT2D eigenvalue weighted by Crippen LogP contribution is 1.84. The van der Waals surface area contributed by atoms with Gasteiger partial charge in [-0.05, 0) is 7.05 Å². The van der Waals surface area contributed by atoms with E-state index in [4.69, 9.17) is 9.47 Å². The molecular weight excluding hydrogens is 192 g/mol. The SMILES string of the molecule is COCCOCCN(C)CCNC(C)C. The smallest absolute Gasteiger partial charge is 0.0700 e. The van der Waals surface area contributed by atoms with E-state index >= 15 is 0 Å². The Morgan fingerprint density at radius 2 is 1.87 bits per heavy atom. The zero-order valence-electron chi connectivity index (χ0n) is 10.6. The first-order valence-electron chi connectivity index (χ1n) is 5.65. The summed E-state index contributed by atoms with van der Waals surface area (Å²) in [4.78, 5) is 2.27. The fourth-order valence-electron chi connectivity index (χ4n) is 1.12. The molecule has 0 aliphatic heterocycles. The van der Waals surface area contributed by atoms with Crippen molar-refractivity contribution in [1.29, 1.82) is 0 Å². The molecule has 0 aliphatic carbocycles. The minimum atomic E-state index is 0.566. The first-order valence-corrected chi connectivity index (χ1v) is 5.65. The van der Waals surface area contributed by atoms with E-state index in [1.165, 1.54) is 0 Å². The normalized spacial score (nSPS) is 11.6. The molecule has 0 unspecified atom stereocenters. The van der Waals surface area contributed by atoms with Gasteiger partial charge in [-0.25, -0.2) is 0 Å². The van der Waals surface area contributed by atoms with Gasteiger partial charge >= 0.3 is 0 Å². The average Bonchev–Trinajstić information content (AvgIpc) is 2.17. The van der Waals surface area contributed by atoms with E-state index in [1.807, 2.05) is 0 Å². The van der Waals surface area contributed by atoms with Gasteiger partial charge in [-0.1, -0.05) is 13.8 Å². The van der Waals surface area contributed by atoms with Crippen LogP contribution in [0.25, 0.3) is 0 Å². The third-order valence-electron chi connectivity index (χ3n) is 2.10. The van der Waals surface area contributed by atoms with E-state index in [1.54, 1.807) is 7.11 Å². The van der Waals surface area contributed by atoms with E-state index in [0.717, 1.165) is 26.2 Å². The van der Waals surface area contributed by atoms with Gasteiger partial charge in [0.1, 0.15) is 0 Å². The number of hydrogen-bond donors (Lipinski definition) is 1. The summed E-state index contributed by atoms with van der Waals surface area (Å²) in [5.74, 6) is 0. The topological polar surface area (TPSA) is 33.7 Å². The fraction of sp³-hybridized carbons (Fsp3) is 1.00. The van der Waals surface area contributed by atoms with Crippen molar-refractivity contribution in [2.75, 3.05) is 53.6 Å². The predicted octanol–water partition coefficient (Wildman–Crippen LogP) is 0.579. The summed E-state index contributed by atoms with van der Waals surface area (Å²) < 4.78 is 10.3. The summed E-state index contributed by atoms with van der Waals surface area (Å²) in [6.07, 6.45) is 0. The van der Waals surface area contributed by atoms with Gasteiger partial charge < -0.3 is 19.7 Å². The van der Waals surface area contributed by atoms with Gasteiger partial charge in [-0.2, -0.15) is 0 Å². The molecule has 0 saturated carbocycles. The molecule has 0 saturated heterocycles. The van der Waals surface area contributed by atoms with E-state index < -0.39 is 0 Å². The molecule has 0 radical (unpaired) electrons. The first kappa shape index (κ1) is 14.8. The van der Waals surface area contributed by atoms with Crippen molar-refractivity contribution >= 4 is 0 Å². The predicted molar refractivity (Wildman–Crippen MR) is 63.3 cm³/mol. The molecule has 4 heteroatoms. The van der Waals surface area contributed by atoms with Crippen LogP contribution in [0.15, 0.2) is 0 Å². The van der Waals surface area contributed by atoms with Crippen LogP contribution in [0.5, 0.6) is 0 Å². The van der Waals surface area contributed by atoms with Crippen molar-refractivity contribution in [2.24, 2.45) is 0 Å². The van der Waals surface area contributed by atoms with Gasteiger partial charge in [0, 0.05) is 32.8 Å². The number of rotatable bonds is 10. The monoisotopic (exact) mass is 218 g/mol. The van der Waals surface area contributed by atoms with Crippen molar-refractivity contribution in [3.8, 4) is 0 Å². The Hall–Kier alpha value is -0.160. The lowest BCUT2D eigenvalue weighted by Gasteiger charge is -2.17. The highest BCUT2D eigenvalue weighted by Gasteiger charge is 1.98. The second kappa shape index (κ2) is 10.4. The molecule has 0 aromatic rings. The summed E-state index contributed by atoms with van der Waals surface area (Å²) in [5.41, 5.74) is 0. The van der Waals surface area contributed by atoms with Crippen LogP contribution in [-0.2, 0) is 9.47 Å². The number of hydrogen-bond acceptors (Lipinski definition) is 4. The number of likely N-dealkylation sites (N-methyl/N-ethyl adjacent to an activating group) is 1. The largest absolute Gasteiger partial charge is 0.382 e. The Morgan fingerprint density at radius 1 is 1.13 bits per heavy atom. The van der Waals surface area contributed by atoms with Crippen LogP contribution in [0.2, 0.25) is 0 Å². The molecule has 0 rings (SSSR count). The molecule has 0 heterocycles. The Bertz CT molecular complexity index is 132. The second-order valence-corrected chi connectivity index (χ2v) is 4.02. The third kappa shape index (κ3) is 11.8. The average molecular weight is 218 g/mol. The van der Waals surface area contributed by atoms with Crippen molar-refractivity contribution in [3.05, 3.63) is 0 Å². The standard InChI is InChI=1S/C11H26N2O2/c1-11(2)12-5-6-13(3)7-8-15-10-9-14-4/h11-12H,5-10H2,1-4H3. The van der Waals surface area contributed by atoms with E-state index in [9.17, 15) is 0 Å². The summed E-state index contributed by atoms with van der Waals surface area (Å²) in [6, 6.07) is 0.566. The van der Waals surface area contributed by atoms with Gasteiger partial charge in [0.15, 0.2) is 0 Å². The molecule has 0 amide bonds. The minimum Gasteiger partial charge on any atom is -0.382 e. The minimum absolute atomic E-state index is 0.566. The van der Waals surface area contributed by atoms with Crippen LogP contribution >= 0.6 is 0 Å². The van der Waals surface area contributed by atoms with Gasteiger partial charge in [-0.15, -0.1) is 0 Å². The lowest BCUT2D eigenvalue weighted by atomic mass is 10.4. The van der Waals surface area contributed by atoms with Crippen LogP contribution in [0.3, 0.4) is 0 Å². The molecule has 0 fully saturated rings. The van der Waals surface area contributed by atoms with Crippen LogP contribution < -0.4 is 5.32 Å². The zero-order valence-corrected chi connectivity index (χ0v) is 10.6. The number of nitrogens with one attached hydrogen (secondary N) is 1. The lowest BCUT2D eigenvalue weighted by molar-refractivity contribution is 0.0607. The molecule has 0 spiro atoms. The highest BCUT2D eigenvalue weighted by atomic mass is 16.5. The summed E-state index contributed by atoms with van der Waals surface area (Å²) in [7, 11) is 3.80. The Morgan fingerprint density at radius 3 is 2.47 bits per heavy atom. The summed E-state index contributed by atoms with van der Waals surface area (Å²) >= 11 is 0. The molecular formula is C11H26N2O2. The molecule has 92 valence electrons. The summed E-state index contributed by atoms with van der Waals surface area (Å²) in [5, 5.41) is 3.38. The molecule has 4 nitrogen and oxygen atoms in total. The maximum atomic E-state index is 5.39. The maximum Gasteiger partial charge on any atom is 0.0700 e. The Balaban J connectivity index is 3.15.